The van der Waals surface area contributed by atoms with Gasteiger partial charge >= 0.3 is 5.69 Å². The number of hydrogen-bond donors (Lipinski definition) is 0. The number of aryl methyl sites for hydroxylation is 1. The smallest absolute Gasteiger partial charge is 0.346 e. The first kappa shape index (κ1) is 12.0. The van der Waals surface area contributed by atoms with Crippen molar-refractivity contribution in [1.29, 1.82) is 0 Å². The molecule has 0 saturated carbocycles. The van der Waals surface area contributed by atoms with Crippen molar-refractivity contribution in [2.45, 2.75) is 38.8 Å². The van der Waals surface area contributed by atoms with E-state index < -0.39 is 0 Å². The molecule has 0 spiro atoms. The predicted molar refractivity (Wildman–Crippen MR) is 67.1 cm³/mol. The summed E-state index contributed by atoms with van der Waals surface area (Å²) in [6, 6.07) is 3.24. The zero-order valence-corrected chi connectivity index (χ0v) is 10.5. The van der Waals surface area contributed by atoms with Crippen molar-refractivity contribution in [2.75, 3.05) is 0 Å². The zero-order valence-electron chi connectivity index (χ0n) is 10.5. The van der Waals surface area contributed by atoms with E-state index in [2.05, 4.69) is 5.10 Å². The molecule has 1 aliphatic heterocycles. The molecule has 1 aliphatic rings. The predicted octanol–water partition coefficient (Wildman–Crippen LogP) is 1.25. The van der Waals surface area contributed by atoms with E-state index in [1.165, 1.54) is 10.9 Å². The Morgan fingerprint density at radius 1 is 1.37 bits per heavy atom. The molecule has 6 heteroatoms. The fraction of sp³-hybridized carbons (Fsp3) is 0.462. The highest BCUT2D eigenvalue weighted by atomic mass is 16.3. The Hall–Kier alpha value is -2.11. The van der Waals surface area contributed by atoms with Crippen LogP contribution in [0, 0.1) is 0 Å². The van der Waals surface area contributed by atoms with E-state index in [0.29, 0.717) is 6.54 Å². The van der Waals surface area contributed by atoms with Crippen molar-refractivity contribution >= 4 is 5.78 Å². The van der Waals surface area contributed by atoms with Crippen LogP contribution in [0.3, 0.4) is 0 Å². The van der Waals surface area contributed by atoms with Crippen LogP contribution in [0.25, 0.3) is 0 Å². The second kappa shape index (κ2) is 4.87. The minimum absolute atomic E-state index is 0.0631. The molecule has 0 aromatic carbocycles. The van der Waals surface area contributed by atoms with Gasteiger partial charge in [0.1, 0.15) is 12.4 Å². The van der Waals surface area contributed by atoms with Gasteiger partial charge in [-0.15, -0.1) is 0 Å². The van der Waals surface area contributed by atoms with Crippen molar-refractivity contribution in [3.63, 3.8) is 0 Å². The van der Waals surface area contributed by atoms with Crippen molar-refractivity contribution in [2.24, 2.45) is 0 Å². The molecular formula is C13H15N3O3. The quantitative estimate of drug-likeness (QED) is 0.780. The van der Waals surface area contributed by atoms with Gasteiger partial charge in [0.2, 0.25) is 5.78 Å². The lowest BCUT2D eigenvalue weighted by Gasteiger charge is -1.98. The van der Waals surface area contributed by atoms with Gasteiger partial charge in [-0.2, -0.15) is 5.10 Å². The van der Waals surface area contributed by atoms with Gasteiger partial charge in [-0.25, -0.2) is 9.48 Å². The summed E-state index contributed by atoms with van der Waals surface area (Å²) < 4.78 is 7.95. The van der Waals surface area contributed by atoms with Gasteiger partial charge in [-0.05, 0) is 25.0 Å². The molecule has 2 aromatic heterocycles. The molecule has 2 aromatic rings. The molecule has 0 radical (unpaired) electrons. The molecule has 0 N–H and O–H groups in total. The summed E-state index contributed by atoms with van der Waals surface area (Å²) in [6.07, 6.45) is 5.40. The highest BCUT2D eigenvalue weighted by Gasteiger charge is 2.18. The fourth-order valence-electron chi connectivity index (χ4n) is 2.38. The van der Waals surface area contributed by atoms with E-state index in [1.54, 1.807) is 16.7 Å². The van der Waals surface area contributed by atoms with Crippen molar-refractivity contribution in [3.05, 3.63) is 40.5 Å². The van der Waals surface area contributed by atoms with Crippen LogP contribution in [0.4, 0.5) is 0 Å². The van der Waals surface area contributed by atoms with Crippen LogP contribution in [0.15, 0.2) is 27.6 Å². The minimum atomic E-state index is -0.236. The Kier molecular flexibility index (Phi) is 3.06. The van der Waals surface area contributed by atoms with Crippen LogP contribution in [0.1, 0.15) is 35.6 Å². The second-order valence-electron chi connectivity index (χ2n) is 4.72. The lowest BCUT2D eigenvalue weighted by atomic mass is 10.2. The Balaban J connectivity index is 1.86. The van der Waals surface area contributed by atoms with Crippen LogP contribution < -0.4 is 5.69 Å². The first-order chi connectivity index (χ1) is 9.25. The van der Waals surface area contributed by atoms with Gasteiger partial charge in [0, 0.05) is 13.0 Å². The van der Waals surface area contributed by atoms with Crippen molar-refractivity contribution < 1.29 is 9.21 Å². The zero-order chi connectivity index (χ0) is 13.2. The molecule has 0 unspecified atom stereocenters. The van der Waals surface area contributed by atoms with Crippen LogP contribution in [-0.4, -0.2) is 20.1 Å². The van der Waals surface area contributed by atoms with E-state index in [1.807, 2.05) is 0 Å². The molecule has 0 saturated heterocycles. The number of fused-ring (bicyclic) bond motifs is 1. The average molecular weight is 261 g/mol. The van der Waals surface area contributed by atoms with E-state index in [0.717, 1.165) is 31.5 Å². The number of furan rings is 1. The minimum Gasteiger partial charge on any atom is -0.461 e. The molecule has 0 amide bonds. The first-order valence-corrected chi connectivity index (χ1v) is 6.49. The van der Waals surface area contributed by atoms with Crippen LogP contribution in [0.5, 0.6) is 0 Å². The average Bonchev–Trinajstić information content (AvgIpc) is 2.95. The Labute approximate surface area is 109 Å². The highest BCUT2D eigenvalue weighted by Crippen LogP contribution is 2.10. The number of rotatable bonds is 3. The number of ketones is 1. The molecule has 3 heterocycles. The maximum atomic E-state index is 12.2. The maximum Gasteiger partial charge on any atom is 0.346 e. The number of hydrogen-bond acceptors (Lipinski definition) is 4. The number of aromatic nitrogens is 3. The molecule has 0 aliphatic carbocycles. The molecular weight excluding hydrogens is 246 g/mol. The standard InChI is InChI=1S/C13H15N3O3/c17-10(11-5-4-8-19-11)9-16-13(18)15-7-3-1-2-6-12(15)14-16/h4-5,8H,1-3,6-7,9H2. The van der Waals surface area contributed by atoms with Gasteiger partial charge in [0.05, 0.1) is 6.26 Å². The third kappa shape index (κ3) is 2.25. The number of carbonyl (C=O) groups excluding carboxylic acids is 1. The summed E-state index contributed by atoms with van der Waals surface area (Å²) in [5, 5.41) is 4.26. The summed E-state index contributed by atoms with van der Waals surface area (Å²) in [5.41, 5.74) is -0.197. The van der Waals surface area contributed by atoms with Gasteiger partial charge in [0.25, 0.3) is 0 Å². The second-order valence-corrected chi connectivity index (χ2v) is 4.72. The number of nitrogens with zero attached hydrogens (tertiary/aromatic N) is 3. The molecule has 3 rings (SSSR count). The number of carbonyl (C=O) groups is 1. The van der Waals surface area contributed by atoms with Crippen molar-refractivity contribution in [3.8, 4) is 0 Å². The molecule has 6 nitrogen and oxygen atoms in total. The van der Waals surface area contributed by atoms with Crippen LogP contribution in [0.2, 0.25) is 0 Å². The number of Topliss-reactive ketones (excluding diaryl/α,β-unsaturated/α-hetero) is 1. The lowest BCUT2D eigenvalue weighted by Crippen LogP contribution is -2.27. The monoisotopic (exact) mass is 261 g/mol. The molecule has 0 atom stereocenters. The normalized spacial score (nSPS) is 14.9. The largest absolute Gasteiger partial charge is 0.461 e. The summed E-state index contributed by atoms with van der Waals surface area (Å²) in [7, 11) is 0. The molecule has 0 bridgehead atoms. The molecule has 100 valence electrons. The Bertz CT molecular complexity index is 637. The lowest BCUT2D eigenvalue weighted by molar-refractivity contribution is 0.0938. The third-order valence-electron chi connectivity index (χ3n) is 3.37. The maximum absolute atomic E-state index is 12.2. The highest BCUT2D eigenvalue weighted by molar-refractivity contribution is 5.93. The summed E-state index contributed by atoms with van der Waals surface area (Å²) in [5.74, 6) is 0.810. The van der Waals surface area contributed by atoms with Crippen LogP contribution in [-0.2, 0) is 19.5 Å². The van der Waals surface area contributed by atoms with E-state index >= 15 is 0 Å². The van der Waals surface area contributed by atoms with Gasteiger partial charge in [-0.1, -0.05) is 6.42 Å². The third-order valence-corrected chi connectivity index (χ3v) is 3.37. The summed E-state index contributed by atoms with van der Waals surface area (Å²) >= 11 is 0. The first-order valence-electron chi connectivity index (χ1n) is 6.49. The van der Waals surface area contributed by atoms with E-state index in [9.17, 15) is 9.59 Å². The van der Waals surface area contributed by atoms with Crippen molar-refractivity contribution in [1.82, 2.24) is 14.3 Å². The van der Waals surface area contributed by atoms with E-state index in [-0.39, 0.29) is 23.8 Å². The van der Waals surface area contributed by atoms with Gasteiger partial charge < -0.3 is 4.42 Å². The SMILES string of the molecule is O=C(Cn1nc2n(c1=O)CCCCC2)c1ccco1. The summed E-state index contributed by atoms with van der Waals surface area (Å²) in [6.45, 7) is 0.634. The molecule has 0 fully saturated rings. The Morgan fingerprint density at radius 3 is 3.05 bits per heavy atom. The fourth-order valence-corrected chi connectivity index (χ4v) is 2.38. The topological polar surface area (TPSA) is 70.0 Å². The van der Waals surface area contributed by atoms with E-state index in [4.69, 9.17) is 4.42 Å². The van der Waals surface area contributed by atoms with Gasteiger partial charge in [-0.3, -0.25) is 9.36 Å². The van der Waals surface area contributed by atoms with Crippen LogP contribution >= 0.6 is 0 Å². The molecule has 19 heavy (non-hydrogen) atoms. The summed E-state index contributed by atoms with van der Waals surface area (Å²) in [4.78, 5) is 24.1. The Morgan fingerprint density at radius 2 is 2.26 bits per heavy atom. The van der Waals surface area contributed by atoms with Gasteiger partial charge in [0.15, 0.2) is 5.76 Å².